The molecule has 0 saturated carbocycles. The zero-order valence-electron chi connectivity index (χ0n) is 10.7. The molecule has 3 N–H and O–H groups in total. The van der Waals surface area contributed by atoms with Crippen molar-refractivity contribution in [2.75, 3.05) is 33.4 Å². The Hall–Kier alpha value is -1.14. The summed E-state index contributed by atoms with van der Waals surface area (Å²) in [5.41, 5.74) is 4.88. The zero-order chi connectivity index (χ0) is 13.5. The van der Waals surface area contributed by atoms with Crippen molar-refractivity contribution in [3.8, 4) is 0 Å². The first kappa shape index (κ1) is 15.9. The van der Waals surface area contributed by atoms with Crippen LogP contribution in [0.2, 0.25) is 0 Å². The van der Waals surface area contributed by atoms with E-state index < -0.39 is 11.4 Å². The standard InChI is InChI=1S/C11H22N2O4/c1-4-11(2,8-12)10(16)13(5-6-17-3)7-9(14)15/h4-8,12H2,1-3H3,(H,14,15). The van der Waals surface area contributed by atoms with Crippen molar-refractivity contribution >= 4 is 11.9 Å². The van der Waals surface area contributed by atoms with E-state index in [1.807, 2.05) is 6.92 Å². The maximum Gasteiger partial charge on any atom is 0.323 e. The SMILES string of the molecule is CCC(C)(CN)C(=O)N(CCOC)CC(=O)O. The summed E-state index contributed by atoms with van der Waals surface area (Å²) in [4.78, 5) is 24.2. The van der Waals surface area contributed by atoms with Crippen LogP contribution in [0.1, 0.15) is 20.3 Å². The number of methoxy groups -OCH3 is 1. The number of carbonyl (C=O) groups is 2. The average Bonchev–Trinajstić information content (AvgIpc) is 2.32. The molecule has 1 unspecified atom stereocenters. The maximum absolute atomic E-state index is 12.2. The van der Waals surface area contributed by atoms with E-state index in [-0.39, 0.29) is 25.5 Å². The molecule has 1 atom stereocenters. The number of hydrogen-bond acceptors (Lipinski definition) is 4. The minimum atomic E-state index is -1.04. The molecule has 0 aromatic carbocycles. The molecule has 0 fully saturated rings. The number of nitrogens with zero attached hydrogens (tertiary/aromatic N) is 1. The summed E-state index contributed by atoms with van der Waals surface area (Å²) in [6, 6.07) is 0. The monoisotopic (exact) mass is 246 g/mol. The van der Waals surface area contributed by atoms with Crippen molar-refractivity contribution < 1.29 is 19.4 Å². The third-order valence-corrected chi connectivity index (χ3v) is 2.93. The summed E-state index contributed by atoms with van der Waals surface area (Å²) in [7, 11) is 1.51. The van der Waals surface area contributed by atoms with E-state index >= 15 is 0 Å². The summed E-state index contributed by atoms with van der Waals surface area (Å²) in [5, 5.41) is 8.78. The summed E-state index contributed by atoms with van der Waals surface area (Å²) in [5.74, 6) is -1.27. The van der Waals surface area contributed by atoms with Gasteiger partial charge in [-0.25, -0.2) is 0 Å². The highest BCUT2D eigenvalue weighted by molar-refractivity contribution is 5.85. The number of carbonyl (C=O) groups excluding carboxylic acids is 1. The molecular formula is C11H22N2O4. The fourth-order valence-electron chi connectivity index (χ4n) is 1.38. The Morgan fingerprint density at radius 1 is 1.47 bits per heavy atom. The third-order valence-electron chi connectivity index (χ3n) is 2.93. The second-order valence-corrected chi connectivity index (χ2v) is 4.23. The Balaban J connectivity index is 4.77. The molecule has 0 aliphatic heterocycles. The molecule has 0 bridgehead atoms. The molecule has 100 valence electrons. The van der Waals surface area contributed by atoms with Crippen LogP contribution in [-0.4, -0.2) is 55.2 Å². The zero-order valence-corrected chi connectivity index (χ0v) is 10.7. The fourth-order valence-corrected chi connectivity index (χ4v) is 1.38. The average molecular weight is 246 g/mol. The number of aliphatic carboxylic acids is 1. The Morgan fingerprint density at radius 2 is 2.06 bits per heavy atom. The Labute approximate surface area is 102 Å². The van der Waals surface area contributed by atoms with Gasteiger partial charge in [0.15, 0.2) is 0 Å². The first-order valence-electron chi connectivity index (χ1n) is 5.61. The van der Waals surface area contributed by atoms with Gasteiger partial charge in [-0.2, -0.15) is 0 Å². The molecule has 0 heterocycles. The predicted molar refractivity (Wildman–Crippen MR) is 63.5 cm³/mol. The fraction of sp³-hybridized carbons (Fsp3) is 0.818. The van der Waals surface area contributed by atoms with Gasteiger partial charge in [-0.3, -0.25) is 9.59 Å². The van der Waals surface area contributed by atoms with Crippen LogP contribution in [0.3, 0.4) is 0 Å². The van der Waals surface area contributed by atoms with Gasteiger partial charge < -0.3 is 20.5 Å². The van der Waals surface area contributed by atoms with Crippen LogP contribution in [0.4, 0.5) is 0 Å². The van der Waals surface area contributed by atoms with Gasteiger partial charge in [0, 0.05) is 20.2 Å². The van der Waals surface area contributed by atoms with Crippen LogP contribution in [0.15, 0.2) is 0 Å². The van der Waals surface area contributed by atoms with Gasteiger partial charge in [0.25, 0.3) is 0 Å². The van der Waals surface area contributed by atoms with E-state index in [1.165, 1.54) is 12.0 Å². The molecule has 0 spiro atoms. The van der Waals surface area contributed by atoms with E-state index in [9.17, 15) is 9.59 Å². The van der Waals surface area contributed by atoms with Crippen LogP contribution < -0.4 is 5.73 Å². The van der Waals surface area contributed by atoms with Gasteiger partial charge in [0.05, 0.1) is 12.0 Å². The molecular weight excluding hydrogens is 224 g/mol. The predicted octanol–water partition coefficient (Wildman–Crippen LogP) is -0.0790. The summed E-state index contributed by atoms with van der Waals surface area (Å²) in [6.07, 6.45) is 0.575. The topological polar surface area (TPSA) is 92.9 Å². The molecule has 0 aromatic rings. The lowest BCUT2D eigenvalue weighted by Crippen LogP contribution is -2.48. The summed E-state index contributed by atoms with van der Waals surface area (Å²) >= 11 is 0. The van der Waals surface area contributed by atoms with E-state index in [1.54, 1.807) is 6.92 Å². The van der Waals surface area contributed by atoms with E-state index in [2.05, 4.69) is 0 Å². The van der Waals surface area contributed by atoms with Gasteiger partial charge in [-0.15, -0.1) is 0 Å². The van der Waals surface area contributed by atoms with Crippen LogP contribution in [0.25, 0.3) is 0 Å². The minimum Gasteiger partial charge on any atom is -0.480 e. The van der Waals surface area contributed by atoms with Gasteiger partial charge in [0.1, 0.15) is 6.54 Å². The van der Waals surface area contributed by atoms with E-state index in [0.29, 0.717) is 13.0 Å². The van der Waals surface area contributed by atoms with Crippen molar-refractivity contribution in [3.63, 3.8) is 0 Å². The number of hydrogen-bond donors (Lipinski definition) is 2. The molecule has 0 rings (SSSR count). The molecule has 0 radical (unpaired) electrons. The number of amides is 1. The minimum absolute atomic E-state index is 0.200. The van der Waals surface area contributed by atoms with Crippen molar-refractivity contribution in [3.05, 3.63) is 0 Å². The number of carboxylic acids is 1. The molecule has 6 heteroatoms. The second-order valence-electron chi connectivity index (χ2n) is 4.23. The number of carboxylic acid groups (broad SMARTS) is 1. The van der Waals surface area contributed by atoms with Crippen molar-refractivity contribution in [1.29, 1.82) is 0 Å². The Bertz CT molecular complexity index is 264. The van der Waals surface area contributed by atoms with Crippen LogP contribution in [0, 0.1) is 5.41 Å². The maximum atomic E-state index is 12.2. The lowest BCUT2D eigenvalue weighted by Gasteiger charge is -2.32. The summed E-state index contributed by atoms with van der Waals surface area (Å²) < 4.78 is 4.87. The molecule has 0 aliphatic carbocycles. The smallest absolute Gasteiger partial charge is 0.323 e. The Morgan fingerprint density at radius 3 is 2.41 bits per heavy atom. The molecule has 17 heavy (non-hydrogen) atoms. The van der Waals surface area contributed by atoms with Gasteiger partial charge in [-0.05, 0) is 13.3 Å². The number of ether oxygens (including phenoxy) is 1. The lowest BCUT2D eigenvalue weighted by atomic mass is 9.86. The van der Waals surface area contributed by atoms with Gasteiger partial charge >= 0.3 is 5.97 Å². The quantitative estimate of drug-likeness (QED) is 0.625. The third kappa shape index (κ3) is 4.70. The number of nitrogens with two attached hydrogens (primary N) is 1. The van der Waals surface area contributed by atoms with Crippen molar-refractivity contribution in [2.24, 2.45) is 11.1 Å². The highest BCUT2D eigenvalue weighted by Gasteiger charge is 2.34. The van der Waals surface area contributed by atoms with E-state index in [0.717, 1.165) is 0 Å². The molecule has 0 aliphatic rings. The van der Waals surface area contributed by atoms with Crippen molar-refractivity contribution in [2.45, 2.75) is 20.3 Å². The van der Waals surface area contributed by atoms with Crippen molar-refractivity contribution in [1.82, 2.24) is 4.90 Å². The molecule has 1 amide bonds. The first-order chi connectivity index (χ1) is 7.91. The lowest BCUT2D eigenvalue weighted by molar-refractivity contribution is -0.149. The van der Waals surface area contributed by atoms with Gasteiger partial charge in [0.2, 0.25) is 5.91 Å². The first-order valence-corrected chi connectivity index (χ1v) is 5.61. The highest BCUT2D eigenvalue weighted by atomic mass is 16.5. The second kappa shape index (κ2) is 7.24. The Kier molecular flexibility index (Phi) is 6.75. The van der Waals surface area contributed by atoms with Crippen LogP contribution in [0.5, 0.6) is 0 Å². The summed E-state index contributed by atoms with van der Waals surface area (Å²) in [6.45, 7) is 4.06. The molecule has 0 aromatic heterocycles. The largest absolute Gasteiger partial charge is 0.480 e. The number of rotatable bonds is 8. The molecule has 0 saturated heterocycles. The van der Waals surface area contributed by atoms with Crippen LogP contribution in [-0.2, 0) is 14.3 Å². The normalized spacial score (nSPS) is 14.1. The van der Waals surface area contributed by atoms with Gasteiger partial charge in [-0.1, -0.05) is 6.92 Å². The highest BCUT2D eigenvalue weighted by Crippen LogP contribution is 2.22. The van der Waals surface area contributed by atoms with E-state index in [4.69, 9.17) is 15.6 Å². The van der Waals surface area contributed by atoms with Crippen LogP contribution >= 0.6 is 0 Å². The molecule has 6 nitrogen and oxygen atoms in total.